The van der Waals surface area contributed by atoms with Crippen LogP contribution in [0.3, 0.4) is 0 Å². The highest BCUT2D eigenvalue weighted by molar-refractivity contribution is 5.90. The van der Waals surface area contributed by atoms with Gasteiger partial charge in [-0.15, -0.1) is 4.91 Å². The van der Waals surface area contributed by atoms with Gasteiger partial charge in [-0.05, 0) is 13.8 Å². The number of carbonyl (C=O) groups is 2. The molecule has 3 aromatic rings. The first-order valence-corrected chi connectivity index (χ1v) is 19.8. The normalized spacial score (nSPS) is 11.0. The second-order valence-electron chi connectivity index (χ2n) is 13.3. The van der Waals surface area contributed by atoms with Gasteiger partial charge in [-0.25, -0.2) is 0 Å². The first kappa shape index (κ1) is 53.2. The number of rotatable bonds is 32. The number of nitrogens with zero attached hydrogens (tertiary/aromatic N) is 18. The van der Waals surface area contributed by atoms with Gasteiger partial charge in [0.15, 0.2) is 0 Å². The van der Waals surface area contributed by atoms with E-state index in [1.165, 1.54) is 80.5 Å². The zero-order chi connectivity index (χ0) is 47.9. The summed E-state index contributed by atoms with van der Waals surface area (Å²) in [6.07, 6.45) is 0. The van der Waals surface area contributed by atoms with Crippen LogP contribution in [-0.4, -0.2) is 194 Å². The molecule has 0 aromatic carbocycles. The predicted octanol–water partition coefficient (Wildman–Crippen LogP) is 0.0655. The fourth-order valence-electron chi connectivity index (χ4n) is 5.40. The van der Waals surface area contributed by atoms with E-state index in [2.05, 4.69) is 50.5 Å². The van der Waals surface area contributed by atoms with Crippen LogP contribution in [0.2, 0.25) is 0 Å². The van der Waals surface area contributed by atoms with Gasteiger partial charge in [-0.2, -0.15) is 49.9 Å². The molecule has 0 bridgehead atoms. The Balaban J connectivity index is 2.10. The summed E-state index contributed by atoms with van der Waals surface area (Å²) in [5, 5.41) is 6.88. The highest BCUT2D eigenvalue weighted by Gasteiger charge is 2.27. The maximum atomic E-state index is 12.7. The number of hydrogen-bond acceptors (Lipinski definition) is 27. The van der Waals surface area contributed by atoms with Gasteiger partial charge in [-0.3, -0.25) is 39.0 Å². The molecule has 65 heavy (non-hydrogen) atoms. The highest BCUT2D eigenvalue weighted by atomic mass is 16.5. The fraction of sp³-hybridized carbons (Fsp3) is 0.686. The minimum atomic E-state index is -0.370. The van der Waals surface area contributed by atoms with Gasteiger partial charge in [0.2, 0.25) is 59.4 Å². The van der Waals surface area contributed by atoms with E-state index in [4.69, 9.17) is 42.9 Å². The first-order chi connectivity index (χ1) is 31.4. The smallest absolute Gasteiger partial charge is 0.257 e. The fourth-order valence-corrected chi connectivity index (χ4v) is 5.40. The molecule has 0 saturated heterocycles. The monoisotopic (exact) mass is 923 g/mol. The van der Waals surface area contributed by atoms with Gasteiger partial charge in [0, 0.05) is 83.8 Å². The van der Waals surface area contributed by atoms with Crippen molar-refractivity contribution in [1.82, 2.24) is 44.9 Å². The lowest BCUT2D eigenvalue weighted by molar-refractivity contribution is -0.117. The molecule has 0 aliphatic rings. The van der Waals surface area contributed by atoms with Crippen LogP contribution in [0.1, 0.15) is 27.7 Å². The highest BCUT2D eigenvalue weighted by Crippen LogP contribution is 2.24. The summed E-state index contributed by atoms with van der Waals surface area (Å²) in [6, 6.07) is 0. The molecular formula is C35H61N19O11. The molecule has 30 nitrogen and oxygen atoms in total. The minimum absolute atomic E-state index is 0.0195. The molecule has 0 aliphatic carbocycles. The van der Waals surface area contributed by atoms with Crippen molar-refractivity contribution in [3.63, 3.8) is 0 Å². The van der Waals surface area contributed by atoms with Crippen molar-refractivity contribution in [3.8, 4) is 0 Å². The van der Waals surface area contributed by atoms with Crippen LogP contribution in [0.4, 0.5) is 53.5 Å². The SMILES string of the molecule is CCN(COC)c1nc(N(COC)CN(COC)c2nc(N(COC)COCN(COC)c3nc(NCOC)nc(N(CC)C(C)=O)n3)nc(N(C)C(C)=O)n2)nc(N(COC)N=O)n1. The lowest BCUT2D eigenvalue weighted by Crippen LogP contribution is -2.43. The molecular weight excluding hydrogens is 863 g/mol. The Morgan fingerprint density at radius 2 is 0.908 bits per heavy atom. The Labute approximate surface area is 377 Å². The van der Waals surface area contributed by atoms with Crippen LogP contribution in [0.5, 0.6) is 0 Å². The van der Waals surface area contributed by atoms with Gasteiger partial charge in [0.1, 0.15) is 67.2 Å². The largest absolute Gasteiger partial charge is 0.364 e. The average Bonchev–Trinajstić information content (AvgIpc) is 3.30. The standard InChI is InChI=1S/C35H61N19O11/c1-13-48(17-59-7)30-41-32(45-35(44-30)54(46-57)24-64-12)50(19-61-9)16-49(18-60-8)31-39-28(47(5)25(3)55)40-33(42-31)52(21-63-11)23-65-22-51(20-62-10)29-37-27(36-15-58-6)38-34(43-29)53(14-2)26(4)56/h13-24H2,1-12H3,(H,36,37,38,43). The molecule has 0 saturated carbocycles. The second kappa shape index (κ2) is 27.9. The summed E-state index contributed by atoms with van der Waals surface area (Å²) >= 11 is 0. The van der Waals surface area contributed by atoms with E-state index < -0.39 is 0 Å². The number of nitroso groups, excluding NO2 is 1. The van der Waals surface area contributed by atoms with Crippen LogP contribution in [0.15, 0.2) is 5.29 Å². The molecule has 3 heterocycles. The summed E-state index contributed by atoms with van der Waals surface area (Å²) in [5.41, 5.74) is 0. The lowest BCUT2D eigenvalue weighted by atomic mass is 10.5. The Kier molecular flexibility index (Phi) is 22.8. The average molecular weight is 924 g/mol. The number of aromatic nitrogens is 9. The molecule has 0 aliphatic heterocycles. The molecule has 0 radical (unpaired) electrons. The minimum Gasteiger partial charge on any atom is -0.364 e. The van der Waals surface area contributed by atoms with E-state index in [9.17, 15) is 14.5 Å². The van der Waals surface area contributed by atoms with E-state index in [0.29, 0.717) is 13.1 Å². The van der Waals surface area contributed by atoms with E-state index in [0.717, 1.165) is 5.01 Å². The third-order valence-electron chi connectivity index (χ3n) is 8.53. The molecule has 0 spiro atoms. The van der Waals surface area contributed by atoms with Crippen LogP contribution < -0.4 is 44.6 Å². The van der Waals surface area contributed by atoms with Crippen LogP contribution >= 0.6 is 0 Å². The van der Waals surface area contributed by atoms with E-state index in [1.54, 1.807) is 31.4 Å². The number of ether oxygens (including phenoxy) is 8. The van der Waals surface area contributed by atoms with Crippen LogP contribution in [0, 0.1) is 4.91 Å². The van der Waals surface area contributed by atoms with Crippen molar-refractivity contribution in [3.05, 3.63) is 4.91 Å². The third-order valence-corrected chi connectivity index (χ3v) is 8.53. The number of methoxy groups -OCH3 is 7. The maximum Gasteiger partial charge on any atom is 0.257 e. The summed E-state index contributed by atoms with van der Waals surface area (Å²) in [6.45, 7) is 6.40. The number of nitrogens with one attached hydrogen (secondary N) is 1. The molecule has 3 aromatic heterocycles. The maximum absolute atomic E-state index is 12.7. The number of carbonyl (C=O) groups excluding carboxylic acids is 2. The van der Waals surface area contributed by atoms with Crippen molar-refractivity contribution < 1.29 is 47.5 Å². The molecule has 1 N–H and O–H groups in total. The van der Waals surface area contributed by atoms with E-state index in [1.807, 2.05) is 6.92 Å². The molecule has 30 heteroatoms. The van der Waals surface area contributed by atoms with Gasteiger partial charge < -0.3 is 48.1 Å². The third kappa shape index (κ3) is 15.5. The van der Waals surface area contributed by atoms with Gasteiger partial charge in [0.05, 0.1) is 5.29 Å². The van der Waals surface area contributed by atoms with Crippen LogP contribution in [-0.2, 0) is 47.5 Å². The Morgan fingerprint density at radius 3 is 1.35 bits per heavy atom. The van der Waals surface area contributed by atoms with Gasteiger partial charge >= 0.3 is 0 Å². The van der Waals surface area contributed by atoms with Gasteiger partial charge in [-0.1, -0.05) is 0 Å². The number of amides is 2. The Hall–Kier alpha value is -6.15. The molecule has 0 fully saturated rings. The molecule has 362 valence electrons. The summed E-state index contributed by atoms with van der Waals surface area (Å²) < 4.78 is 44.0. The molecule has 0 atom stereocenters. The van der Waals surface area contributed by atoms with Crippen molar-refractivity contribution in [2.24, 2.45) is 5.29 Å². The zero-order valence-electron chi connectivity index (χ0n) is 39.0. The van der Waals surface area contributed by atoms with Crippen LogP contribution in [0.25, 0.3) is 0 Å². The van der Waals surface area contributed by atoms with Crippen molar-refractivity contribution >= 4 is 65.3 Å². The van der Waals surface area contributed by atoms with E-state index in [-0.39, 0.29) is 133 Å². The predicted molar refractivity (Wildman–Crippen MR) is 236 cm³/mol. The summed E-state index contributed by atoms with van der Waals surface area (Å²) in [5.74, 6) is -0.0713. The topological polar surface area (TPSA) is 291 Å². The second-order valence-corrected chi connectivity index (χ2v) is 13.3. The Bertz CT molecular complexity index is 1930. The lowest BCUT2D eigenvalue weighted by Gasteiger charge is -2.31. The molecule has 3 rings (SSSR count). The number of hydrogen-bond donors (Lipinski definition) is 1. The van der Waals surface area contributed by atoms with Gasteiger partial charge in [0.25, 0.3) is 5.95 Å². The number of anilines is 9. The molecule has 2 amide bonds. The van der Waals surface area contributed by atoms with Crippen molar-refractivity contribution in [2.75, 3.05) is 182 Å². The quantitative estimate of drug-likeness (QED) is 0.0492. The summed E-state index contributed by atoms with van der Waals surface area (Å²) in [7, 11) is 11.8. The zero-order valence-corrected chi connectivity index (χ0v) is 39.0. The summed E-state index contributed by atoms with van der Waals surface area (Å²) in [4.78, 5) is 88.8. The van der Waals surface area contributed by atoms with Crippen molar-refractivity contribution in [2.45, 2.75) is 27.7 Å². The first-order valence-electron chi connectivity index (χ1n) is 19.8. The van der Waals surface area contributed by atoms with Crippen molar-refractivity contribution in [1.29, 1.82) is 0 Å². The molecule has 0 unspecified atom stereocenters. The Morgan fingerprint density at radius 1 is 0.492 bits per heavy atom. The van der Waals surface area contributed by atoms with E-state index >= 15 is 0 Å².